The number of pyridine rings is 1. The Hall–Kier alpha value is -0.980. The molecule has 0 aliphatic heterocycles. The largest absolute Gasteiger partial charge is 0.393 e. The van der Waals surface area contributed by atoms with Crippen molar-refractivity contribution in [2.45, 2.75) is 31.8 Å². The highest BCUT2D eigenvalue weighted by molar-refractivity contribution is 7.89. The molecule has 0 aromatic carbocycles. The summed E-state index contributed by atoms with van der Waals surface area (Å²) in [4.78, 5) is 3.89. The Labute approximate surface area is 114 Å². The van der Waals surface area contributed by atoms with Crippen LogP contribution >= 0.6 is 0 Å². The van der Waals surface area contributed by atoms with E-state index in [4.69, 9.17) is 0 Å². The van der Waals surface area contributed by atoms with Crippen LogP contribution in [-0.4, -0.2) is 36.9 Å². The molecule has 1 saturated carbocycles. The van der Waals surface area contributed by atoms with Crippen LogP contribution in [0.5, 0.6) is 0 Å². The van der Waals surface area contributed by atoms with Crippen molar-refractivity contribution in [3.05, 3.63) is 30.1 Å². The smallest absolute Gasteiger partial charge is 0.211 e. The minimum atomic E-state index is -3.27. The lowest BCUT2D eigenvalue weighted by atomic mass is 10.1. The number of hydrogen-bond donors (Lipinski definition) is 2. The lowest BCUT2D eigenvalue weighted by molar-refractivity contribution is 0.134. The highest BCUT2D eigenvalue weighted by Crippen LogP contribution is 2.24. The number of aryl methyl sites for hydroxylation is 1. The monoisotopic (exact) mass is 284 g/mol. The number of sulfonamides is 1. The van der Waals surface area contributed by atoms with Crippen molar-refractivity contribution in [1.29, 1.82) is 0 Å². The lowest BCUT2D eigenvalue weighted by Gasteiger charge is -2.15. The number of rotatable bonds is 6. The molecule has 106 valence electrons. The molecule has 1 fully saturated rings. The van der Waals surface area contributed by atoms with Crippen LogP contribution in [0.3, 0.4) is 0 Å². The minimum absolute atomic E-state index is 0.0655. The van der Waals surface area contributed by atoms with Gasteiger partial charge in [-0.3, -0.25) is 4.98 Å². The lowest BCUT2D eigenvalue weighted by Crippen LogP contribution is -2.34. The molecule has 0 bridgehead atoms. The van der Waals surface area contributed by atoms with Crippen LogP contribution < -0.4 is 4.72 Å². The van der Waals surface area contributed by atoms with Gasteiger partial charge in [-0.2, -0.15) is 0 Å². The maximum absolute atomic E-state index is 11.9. The Kier molecular flexibility index (Phi) is 4.90. The van der Waals surface area contributed by atoms with Gasteiger partial charge in [-0.15, -0.1) is 0 Å². The summed E-state index contributed by atoms with van der Waals surface area (Å²) < 4.78 is 26.3. The first-order chi connectivity index (χ1) is 9.07. The molecule has 1 aromatic heterocycles. The van der Waals surface area contributed by atoms with Crippen LogP contribution in [0.15, 0.2) is 24.5 Å². The van der Waals surface area contributed by atoms with Crippen LogP contribution in [0.1, 0.15) is 24.8 Å². The van der Waals surface area contributed by atoms with Gasteiger partial charge in [-0.1, -0.05) is 6.42 Å². The Balaban J connectivity index is 1.79. The first-order valence-corrected chi connectivity index (χ1v) is 8.26. The van der Waals surface area contributed by atoms with Crippen molar-refractivity contribution >= 4 is 10.0 Å². The van der Waals surface area contributed by atoms with E-state index >= 15 is 0 Å². The number of nitrogens with one attached hydrogen (secondary N) is 1. The van der Waals surface area contributed by atoms with Crippen molar-refractivity contribution in [3.63, 3.8) is 0 Å². The summed E-state index contributed by atoms with van der Waals surface area (Å²) in [6, 6.07) is 3.63. The number of aliphatic hydroxyl groups excluding tert-OH is 1. The molecule has 19 heavy (non-hydrogen) atoms. The van der Waals surface area contributed by atoms with Gasteiger partial charge in [0.05, 0.1) is 11.9 Å². The molecular weight excluding hydrogens is 264 g/mol. The maximum atomic E-state index is 11.9. The van der Waals surface area contributed by atoms with Crippen LogP contribution in [-0.2, 0) is 16.4 Å². The Bertz CT molecular complexity index is 490. The number of hydrogen-bond acceptors (Lipinski definition) is 4. The first-order valence-electron chi connectivity index (χ1n) is 6.61. The topological polar surface area (TPSA) is 79.3 Å². The summed E-state index contributed by atoms with van der Waals surface area (Å²) in [5.41, 5.74) is 0.960. The molecule has 1 aliphatic carbocycles. The molecule has 1 heterocycles. The molecule has 1 aromatic rings. The van der Waals surface area contributed by atoms with Gasteiger partial charge in [0.25, 0.3) is 0 Å². The molecule has 5 nitrogen and oxygen atoms in total. The quantitative estimate of drug-likeness (QED) is 0.806. The second kappa shape index (κ2) is 6.45. The van der Waals surface area contributed by atoms with Gasteiger partial charge in [-0.25, -0.2) is 13.1 Å². The molecule has 0 radical (unpaired) electrons. The Morgan fingerprint density at radius 3 is 2.68 bits per heavy atom. The van der Waals surface area contributed by atoms with E-state index in [-0.39, 0.29) is 17.8 Å². The standard InChI is InChI=1S/C13H20N2O3S/c16-13-3-1-2-12(13)10-15-19(17,18)9-6-11-4-7-14-8-5-11/h4-5,7-8,12-13,15-16H,1-3,6,9-10H2. The van der Waals surface area contributed by atoms with Crippen molar-refractivity contribution in [1.82, 2.24) is 9.71 Å². The predicted octanol–water partition coefficient (Wildman–Crippen LogP) is 0.704. The fourth-order valence-electron chi connectivity index (χ4n) is 2.36. The fraction of sp³-hybridized carbons (Fsp3) is 0.615. The van der Waals surface area contributed by atoms with E-state index in [2.05, 4.69) is 9.71 Å². The summed E-state index contributed by atoms with van der Waals surface area (Å²) in [5, 5.41) is 9.65. The van der Waals surface area contributed by atoms with Crippen molar-refractivity contribution in [2.24, 2.45) is 5.92 Å². The van der Waals surface area contributed by atoms with Gasteiger partial charge in [0.1, 0.15) is 0 Å². The van der Waals surface area contributed by atoms with Crippen LogP contribution in [0, 0.1) is 5.92 Å². The predicted molar refractivity (Wildman–Crippen MR) is 73.1 cm³/mol. The summed E-state index contributed by atoms with van der Waals surface area (Å²) in [6.07, 6.45) is 6.09. The summed E-state index contributed by atoms with van der Waals surface area (Å²) in [5.74, 6) is 0.135. The number of aromatic nitrogens is 1. The second-order valence-corrected chi connectivity index (χ2v) is 6.96. The van der Waals surface area contributed by atoms with E-state index in [1.165, 1.54) is 0 Å². The average molecular weight is 284 g/mol. The summed E-state index contributed by atoms with van der Waals surface area (Å²) in [6.45, 7) is 0.347. The highest BCUT2D eigenvalue weighted by Gasteiger charge is 2.26. The van der Waals surface area contributed by atoms with Crippen LogP contribution in [0.4, 0.5) is 0 Å². The third-order valence-corrected chi connectivity index (χ3v) is 4.94. The van der Waals surface area contributed by atoms with Crippen LogP contribution in [0.2, 0.25) is 0 Å². The molecule has 0 saturated heterocycles. The minimum Gasteiger partial charge on any atom is -0.393 e. The van der Waals surface area contributed by atoms with E-state index in [1.54, 1.807) is 12.4 Å². The molecular formula is C13H20N2O3S. The number of aliphatic hydroxyl groups is 1. The van der Waals surface area contributed by atoms with E-state index in [9.17, 15) is 13.5 Å². The molecule has 2 N–H and O–H groups in total. The zero-order valence-corrected chi connectivity index (χ0v) is 11.6. The molecule has 0 spiro atoms. The van der Waals surface area contributed by atoms with E-state index in [1.807, 2.05) is 12.1 Å². The van der Waals surface area contributed by atoms with Crippen LogP contribution in [0.25, 0.3) is 0 Å². The SMILES string of the molecule is O=S(=O)(CCc1ccncc1)NCC1CCCC1O. The Morgan fingerprint density at radius 1 is 1.32 bits per heavy atom. The maximum Gasteiger partial charge on any atom is 0.211 e. The third-order valence-electron chi connectivity index (χ3n) is 3.59. The molecule has 1 aliphatic rings. The van der Waals surface area contributed by atoms with Gasteiger partial charge in [0, 0.05) is 18.9 Å². The van der Waals surface area contributed by atoms with Gasteiger partial charge in [-0.05, 0) is 42.9 Å². The molecule has 0 amide bonds. The third kappa shape index (κ3) is 4.56. The van der Waals surface area contributed by atoms with Gasteiger partial charge >= 0.3 is 0 Å². The van der Waals surface area contributed by atoms with Gasteiger partial charge in [0.15, 0.2) is 0 Å². The average Bonchev–Trinajstić information content (AvgIpc) is 2.81. The molecule has 2 rings (SSSR count). The zero-order valence-electron chi connectivity index (χ0n) is 10.8. The highest BCUT2D eigenvalue weighted by atomic mass is 32.2. The molecule has 2 unspecified atom stereocenters. The van der Waals surface area contributed by atoms with Crippen molar-refractivity contribution in [2.75, 3.05) is 12.3 Å². The number of nitrogens with zero attached hydrogens (tertiary/aromatic N) is 1. The fourth-order valence-corrected chi connectivity index (χ4v) is 3.48. The van der Waals surface area contributed by atoms with Gasteiger partial charge < -0.3 is 5.11 Å². The van der Waals surface area contributed by atoms with E-state index in [0.717, 1.165) is 24.8 Å². The second-order valence-electron chi connectivity index (χ2n) is 5.03. The van der Waals surface area contributed by atoms with Gasteiger partial charge in [0.2, 0.25) is 10.0 Å². The van der Waals surface area contributed by atoms with Crippen molar-refractivity contribution in [3.8, 4) is 0 Å². The van der Waals surface area contributed by atoms with Crippen molar-refractivity contribution < 1.29 is 13.5 Å². The normalized spacial score (nSPS) is 23.6. The zero-order chi connectivity index (χ0) is 13.7. The molecule has 6 heteroatoms. The van der Waals surface area contributed by atoms with E-state index < -0.39 is 10.0 Å². The van der Waals surface area contributed by atoms with E-state index in [0.29, 0.717) is 13.0 Å². The summed E-state index contributed by atoms with van der Waals surface area (Å²) >= 11 is 0. The molecule has 2 atom stereocenters. The first kappa shape index (κ1) is 14.4. The Morgan fingerprint density at radius 2 is 2.05 bits per heavy atom. The summed E-state index contributed by atoms with van der Waals surface area (Å²) in [7, 11) is -3.27.